The standard InChI is InChI=1S/C12H17N3/c1-3-7-15(4-2)10-12-6-5-11(8-13)9-14-12/h1,5-6,9H,4,7-8,10,13H2,2H3. The molecule has 0 fully saturated rings. The zero-order chi connectivity index (χ0) is 11.1. The van der Waals surface area contributed by atoms with Crippen molar-refractivity contribution in [3.05, 3.63) is 29.6 Å². The molecule has 2 N–H and O–H groups in total. The van der Waals surface area contributed by atoms with Crippen molar-refractivity contribution < 1.29 is 0 Å². The highest BCUT2D eigenvalue weighted by atomic mass is 15.1. The highest BCUT2D eigenvalue weighted by Crippen LogP contribution is 2.03. The lowest BCUT2D eigenvalue weighted by atomic mass is 10.2. The Morgan fingerprint density at radius 1 is 1.53 bits per heavy atom. The third-order valence-electron chi connectivity index (χ3n) is 2.27. The number of hydrogen-bond acceptors (Lipinski definition) is 3. The van der Waals surface area contributed by atoms with E-state index < -0.39 is 0 Å². The minimum Gasteiger partial charge on any atom is -0.326 e. The third kappa shape index (κ3) is 3.70. The summed E-state index contributed by atoms with van der Waals surface area (Å²) in [6, 6.07) is 4.01. The highest BCUT2D eigenvalue weighted by molar-refractivity contribution is 5.13. The fourth-order valence-corrected chi connectivity index (χ4v) is 1.31. The van der Waals surface area contributed by atoms with Crippen molar-refractivity contribution in [3.8, 4) is 12.3 Å². The summed E-state index contributed by atoms with van der Waals surface area (Å²) in [5.41, 5.74) is 7.58. The molecule has 0 amide bonds. The van der Waals surface area contributed by atoms with Gasteiger partial charge >= 0.3 is 0 Å². The van der Waals surface area contributed by atoms with E-state index in [-0.39, 0.29) is 0 Å². The second kappa shape index (κ2) is 6.18. The number of nitrogens with two attached hydrogens (primary N) is 1. The van der Waals surface area contributed by atoms with Gasteiger partial charge in [0.1, 0.15) is 0 Å². The number of nitrogens with zero attached hydrogens (tertiary/aromatic N) is 2. The van der Waals surface area contributed by atoms with Crippen molar-refractivity contribution in [3.63, 3.8) is 0 Å². The summed E-state index contributed by atoms with van der Waals surface area (Å²) in [5.74, 6) is 2.64. The predicted octanol–water partition coefficient (Wildman–Crippen LogP) is 0.995. The van der Waals surface area contributed by atoms with E-state index in [0.717, 1.165) is 24.3 Å². The first kappa shape index (κ1) is 11.7. The molecule has 0 aromatic carbocycles. The molecule has 15 heavy (non-hydrogen) atoms. The van der Waals surface area contributed by atoms with Gasteiger partial charge in [0.2, 0.25) is 0 Å². The highest BCUT2D eigenvalue weighted by Gasteiger charge is 2.02. The minimum atomic E-state index is 0.537. The Bertz CT molecular complexity index is 324. The van der Waals surface area contributed by atoms with Gasteiger partial charge in [-0.1, -0.05) is 18.9 Å². The van der Waals surface area contributed by atoms with Crippen molar-refractivity contribution in [2.24, 2.45) is 5.73 Å². The molecule has 1 aromatic rings. The average Bonchev–Trinajstić information content (AvgIpc) is 2.29. The van der Waals surface area contributed by atoms with Crippen molar-refractivity contribution in [1.29, 1.82) is 0 Å². The van der Waals surface area contributed by atoms with Gasteiger partial charge in [-0.15, -0.1) is 6.42 Å². The molecule has 1 rings (SSSR count). The maximum Gasteiger partial charge on any atom is 0.0602 e. The molecule has 0 unspecified atom stereocenters. The molecular formula is C12H17N3. The Labute approximate surface area is 91.3 Å². The van der Waals surface area contributed by atoms with E-state index in [1.54, 1.807) is 0 Å². The van der Waals surface area contributed by atoms with Crippen LogP contribution >= 0.6 is 0 Å². The maximum atomic E-state index is 5.50. The lowest BCUT2D eigenvalue weighted by Crippen LogP contribution is -2.23. The Hall–Kier alpha value is -1.37. The number of hydrogen-bond donors (Lipinski definition) is 1. The van der Waals surface area contributed by atoms with Crippen LogP contribution < -0.4 is 5.73 Å². The van der Waals surface area contributed by atoms with Crippen LogP contribution in [0.3, 0.4) is 0 Å². The van der Waals surface area contributed by atoms with E-state index in [2.05, 4.69) is 22.7 Å². The van der Waals surface area contributed by atoms with Crippen molar-refractivity contribution >= 4 is 0 Å². The molecule has 0 spiro atoms. The van der Waals surface area contributed by atoms with Crippen LogP contribution in [0.25, 0.3) is 0 Å². The van der Waals surface area contributed by atoms with Crippen LogP contribution in [-0.2, 0) is 13.1 Å². The normalized spacial score (nSPS) is 10.3. The van der Waals surface area contributed by atoms with E-state index in [0.29, 0.717) is 13.1 Å². The lowest BCUT2D eigenvalue weighted by Gasteiger charge is -2.16. The van der Waals surface area contributed by atoms with Crippen molar-refractivity contribution in [2.45, 2.75) is 20.0 Å². The summed E-state index contributed by atoms with van der Waals surface area (Å²) in [6.45, 7) is 5.02. The maximum absolute atomic E-state index is 5.50. The van der Waals surface area contributed by atoms with Gasteiger partial charge < -0.3 is 5.73 Å². The Kier molecular flexibility index (Phi) is 4.82. The smallest absolute Gasteiger partial charge is 0.0602 e. The summed E-state index contributed by atoms with van der Waals surface area (Å²) in [7, 11) is 0. The van der Waals surface area contributed by atoms with E-state index in [1.165, 1.54) is 0 Å². The Morgan fingerprint density at radius 2 is 2.33 bits per heavy atom. The number of terminal acetylenes is 1. The zero-order valence-corrected chi connectivity index (χ0v) is 9.11. The molecule has 0 bridgehead atoms. The van der Waals surface area contributed by atoms with Gasteiger partial charge in [0.05, 0.1) is 12.2 Å². The van der Waals surface area contributed by atoms with Crippen LogP contribution in [0.2, 0.25) is 0 Å². The second-order valence-corrected chi connectivity index (χ2v) is 3.37. The first-order valence-electron chi connectivity index (χ1n) is 5.09. The van der Waals surface area contributed by atoms with Gasteiger partial charge in [0.15, 0.2) is 0 Å². The average molecular weight is 203 g/mol. The number of rotatable bonds is 5. The first-order valence-corrected chi connectivity index (χ1v) is 5.09. The SMILES string of the molecule is C#CCN(CC)Cc1ccc(CN)cn1. The van der Waals surface area contributed by atoms with Gasteiger partial charge in [-0.25, -0.2) is 0 Å². The summed E-state index contributed by atoms with van der Waals surface area (Å²) in [4.78, 5) is 6.49. The lowest BCUT2D eigenvalue weighted by molar-refractivity contribution is 0.312. The van der Waals surface area contributed by atoms with Crippen LogP contribution in [0.4, 0.5) is 0 Å². The van der Waals surface area contributed by atoms with E-state index in [4.69, 9.17) is 12.2 Å². The molecule has 1 heterocycles. The molecule has 3 heteroatoms. The van der Waals surface area contributed by atoms with Crippen LogP contribution in [0, 0.1) is 12.3 Å². The molecule has 0 saturated heterocycles. The van der Waals surface area contributed by atoms with Crippen LogP contribution in [0.1, 0.15) is 18.2 Å². The van der Waals surface area contributed by atoms with Crippen LogP contribution in [0.15, 0.2) is 18.3 Å². The fraction of sp³-hybridized carbons (Fsp3) is 0.417. The topological polar surface area (TPSA) is 42.1 Å². The van der Waals surface area contributed by atoms with Gasteiger partial charge in [-0.05, 0) is 18.2 Å². The number of aromatic nitrogens is 1. The summed E-state index contributed by atoms with van der Waals surface area (Å²) >= 11 is 0. The van der Waals surface area contributed by atoms with Crippen LogP contribution in [0.5, 0.6) is 0 Å². The molecule has 0 aliphatic heterocycles. The molecule has 0 aliphatic carbocycles. The molecule has 0 radical (unpaired) electrons. The largest absolute Gasteiger partial charge is 0.326 e. The van der Waals surface area contributed by atoms with Crippen molar-refractivity contribution in [1.82, 2.24) is 9.88 Å². The van der Waals surface area contributed by atoms with Gasteiger partial charge in [-0.3, -0.25) is 9.88 Å². The molecule has 80 valence electrons. The van der Waals surface area contributed by atoms with Crippen molar-refractivity contribution in [2.75, 3.05) is 13.1 Å². The summed E-state index contributed by atoms with van der Waals surface area (Å²) in [6.07, 6.45) is 7.09. The predicted molar refractivity (Wildman–Crippen MR) is 61.9 cm³/mol. The molecule has 0 aliphatic rings. The van der Waals surface area contributed by atoms with Gasteiger partial charge in [0.25, 0.3) is 0 Å². The summed E-state index contributed by atoms with van der Waals surface area (Å²) in [5, 5.41) is 0. The van der Waals surface area contributed by atoms with Crippen LogP contribution in [-0.4, -0.2) is 23.0 Å². The Balaban J connectivity index is 2.59. The molecule has 0 atom stereocenters. The molecule has 0 saturated carbocycles. The molecular weight excluding hydrogens is 186 g/mol. The van der Waals surface area contributed by atoms with E-state index in [1.807, 2.05) is 18.3 Å². The fourth-order valence-electron chi connectivity index (χ4n) is 1.31. The van der Waals surface area contributed by atoms with E-state index in [9.17, 15) is 0 Å². The first-order chi connectivity index (χ1) is 7.30. The molecule has 3 nitrogen and oxygen atoms in total. The summed E-state index contributed by atoms with van der Waals surface area (Å²) < 4.78 is 0. The third-order valence-corrected chi connectivity index (χ3v) is 2.27. The van der Waals surface area contributed by atoms with Gasteiger partial charge in [0, 0.05) is 19.3 Å². The minimum absolute atomic E-state index is 0.537. The Morgan fingerprint density at radius 3 is 2.80 bits per heavy atom. The van der Waals surface area contributed by atoms with E-state index >= 15 is 0 Å². The number of pyridine rings is 1. The zero-order valence-electron chi connectivity index (χ0n) is 9.11. The monoisotopic (exact) mass is 203 g/mol. The quantitative estimate of drug-likeness (QED) is 0.726. The van der Waals surface area contributed by atoms with Gasteiger partial charge in [-0.2, -0.15) is 0 Å². The second-order valence-electron chi connectivity index (χ2n) is 3.37. The molecule has 1 aromatic heterocycles.